The van der Waals surface area contributed by atoms with Crippen LogP contribution in [0.3, 0.4) is 0 Å². The molecule has 25 heavy (non-hydrogen) atoms. The molecule has 2 saturated heterocycles. The molecule has 140 valence electrons. The van der Waals surface area contributed by atoms with Gasteiger partial charge in [-0.3, -0.25) is 0 Å². The molecule has 2 aliphatic heterocycles. The van der Waals surface area contributed by atoms with Gasteiger partial charge in [0.2, 0.25) is 0 Å². The largest absolute Gasteiger partial charge is 0.385 e. The lowest BCUT2D eigenvalue weighted by molar-refractivity contribution is -1.01. The Morgan fingerprint density at radius 1 is 1.16 bits per heavy atom. The average Bonchev–Trinajstić information content (AvgIpc) is 3.11. The monoisotopic (exact) mass is 370 g/mol. The molecule has 3 N–H and O–H groups in total. The summed E-state index contributed by atoms with van der Waals surface area (Å²) in [7, 11) is 0. The van der Waals surface area contributed by atoms with Crippen LogP contribution in [-0.2, 0) is 16.1 Å². The molecule has 0 aromatic heterocycles. The molecular formula is C19H31ClN2O3+2. The number of ether oxygens (including phenoxy) is 2. The summed E-state index contributed by atoms with van der Waals surface area (Å²) in [5.41, 5.74) is 1.08. The van der Waals surface area contributed by atoms with Crippen molar-refractivity contribution in [3.05, 3.63) is 34.9 Å². The van der Waals surface area contributed by atoms with Gasteiger partial charge in [-0.25, -0.2) is 0 Å². The number of nitrogens with one attached hydrogen (secondary N) is 2. The van der Waals surface area contributed by atoms with Crippen molar-refractivity contribution < 1.29 is 24.4 Å². The first-order valence-electron chi connectivity index (χ1n) is 9.48. The van der Waals surface area contributed by atoms with Crippen molar-refractivity contribution in [3.8, 4) is 0 Å². The van der Waals surface area contributed by atoms with Gasteiger partial charge in [0.05, 0.1) is 13.2 Å². The summed E-state index contributed by atoms with van der Waals surface area (Å²) in [4.78, 5) is 3.14. The van der Waals surface area contributed by atoms with E-state index in [0.717, 1.165) is 43.4 Å². The van der Waals surface area contributed by atoms with E-state index < -0.39 is 6.10 Å². The summed E-state index contributed by atoms with van der Waals surface area (Å²) in [6.45, 7) is 8.36. The molecule has 3 rings (SSSR count). The van der Waals surface area contributed by atoms with Gasteiger partial charge in [0.25, 0.3) is 0 Å². The lowest BCUT2D eigenvalue weighted by Crippen LogP contribution is -3.28. The zero-order valence-electron chi connectivity index (χ0n) is 14.9. The van der Waals surface area contributed by atoms with Gasteiger partial charge in [-0.2, -0.15) is 0 Å². The molecule has 2 aliphatic rings. The van der Waals surface area contributed by atoms with Crippen molar-refractivity contribution in [1.29, 1.82) is 0 Å². The van der Waals surface area contributed by atoms with Crippen molar-refractivity contribution >= 4 is 11.6 Å². The number of hydrogen-bond donors (Lipinski definition) is 3. The van der Waals surface area contributed by atoms with E-state index in [9.17, 15) is 5.11 Å². The zero-order chi connectivity index (χ0) is 17.5. The Labute approximate surface area is 155 Å². The topological polar surface area (TPSA) is 47.6 Å². The molecule has 2 heterocycles. The molecule has 1 aromatic carbocycles. The molecule has 0 amide bonds. The molecule has 0 radical (unpaired) electrons. The molecule has 5 nitrogen and oxygen atoms in total. The highest BCUT2D eigenvalue weighted by Gasteiger charge is 2.28. The Hall–Kier alpha value is -0.690. The first-order chi connectivity index (χ1) is 12.2. The van der Waals surface area contributed by atoms with Crippen LogP contribution in [0.25, 0.3) is 0 Å². The third kappa shape index (κ3) is 6.51. The maximum atomic E-state index is 10.2. The van der Waals surface area contributed by atoms with E-state index >= 15 is 0 Å². The Balaban J connectivity index is 1.28. The zero-order valence-corrected chi connectivity index (χ0v) is 15.6. The van der Waals surface area contributed by atoms with Crippen LogP contribution in [0.1, 0.15) is 18.4 Å². The van der Waals surface area contributed by atoms with Crippen LogP contribution < -0.4 is 9.80 Å². The molecule has 2 fully saturated rings. The minimum Gasteiger partial charge on any atom is -0.385 e. The lowest BCUT2D eigenvalue weighted by Gasteiger charge is -2.31. The third-order valence-corrected chi connectivity index (χ3v) is 5.47. The van der Waals surface area contributed by atoms with Crippen LogP contribution in [-0.4, -0.2) is 69.8 Å². The molecule has 0 bridgehead atoms. The lowest BCUT2D eigenvalue weighted by atomic mass is 10.2. The van der Waals surface area contributed by atoms with Crippen LogP contribution in [0.2, 0.25) is 5.02 Å². The second kappa shape index (κ2) is 9.86. The van der Waals surface area contributed by atoms with Gasteiger partial charge in [-0.15, -0.1) is 0 Å². The Morgan fingerprint density at radius 3 is 2.56 bits per heavy atom. The normalized spacial score (nSPS) is 28.2. The summed E-state index contributed by atoms with van der Waals surface area (Å²) in [5, 5.41) is 11.0. The maximum Gasteiger partial charge on any atom is 0.127 e. The summed E-state index contributed by atoms with van der Waals surface area (Å²) >= 11 is 5.87. The summed E-state index contributed by atoms with van der Waals surface area (Å²) in [5.74, 6) is 0. The predicted molar refractivity (Wildman–Crippen MR) is 97.2 cm³/mol. The first-order valence-corrected chi connectivity index (χ1v) is 9.86. The summed E-state index contributed by atoms with van der Waals surface area (Å²) in [6.07, 6.45) is 2.52. The minimum absolute atomic E-state index is 0.388. The number of aliphatic hydroxyl groups is 1. The molecule has 0 spiro atoms. The number of rotatable bonds is 8. The SMILES string of the molecule is O[C@H](COCc1ccc(Cl)cc1)C[NH+]1CC[NH+](C[C@@H]2CCCO2)CC1. The first kappa shape index (κ1) is 19.1. The molecule has 0 saturated carbocycles. The van der Waals surface area contributed by atoms with Gasteiger partial charge in [0, 0.05) is 11.6 Å². The van der Waals surface area contributed by atoms with E-state index in [1.165, 1.54) is 30.8 Å². The maximum absolute atomic E-state index is 10.2. The fourth-order valence-electron chi connectivity index (χ4n) is 3.78. The van der Waals surface area contributed by atoms with E-state index in [1.807, 2.05) is 24.3 Å². The fourth-order valence-corrected chi connectivity index (χ4v) is 3.90. The molecule has 0 aliphatic carbocycles. The standard InChI is InChI=1S/C19H29ClN2O3/c20-17-5-3-16(4-6-17)14-24-15-18(23)12-21-7-9-22(10-8-21)13-19-2-1-11-25-19/h3-6,18-19,23H,1-2,7-15H2/p+2/t18-,19-/m0/s1. The van der Waals surface area contributed by atoms with Crippen LogP contribution in [0.15, 0.2) is 24.3 Å². The van der Waals surface area contributed by atoms with E-state index in [0.29, 0.717) is 19.3 Å². The Kier molecular flexibility index (Phi) is 7.52. The van der Waals surface area contributed by atoms with Crippen LogP contribution in [0.4, 0.5) is 0 Å². The van der Waals surface area contributed by atoms with Crippen molar-refractivity contribution in [3.63, 3.8) is 0 Å². The van der Waals surface area contributed by atoms with Crippen molar-refractivity contribution in [2.75, 3.05) is 52.5 Å². The van der Waals surface area contributed by atoms with E-state index in [-0.39, 0.29) is 0 Å². The van der Waals surface area contributed by atoms with Crippen molar-refractivity contribution in [2.45, 2.75) is 31.7 Å². The van der Waals surface area contributed by atoms with Crippen LogP contribution in [0.5, 0.6) is 0 Å². The van der Waals surface area contributed by atoms with Gasteiger partial charge < -0.3 is 24.4 Å². The highest BCUT2D eigenvalue weighted by molar-refractivity contribution is 6.30. The molecule has 1 aromatic rings. The molecule has 0 unspecified atom stereocenters. The van der Waals surface area contributed by atoms with Crippen LogP contribution >= 0.6 is 11.6 Å². The van der Waals surface area contributed by atoms with Gasteiger partial charge in [-0.05, 0) is 30.5 Å². The number of piperazine rings is 1. The van der Waals surface area contributed by atoms with E-state index in [4.69, 9.17) is 21.1 Å². The van der Waals surface area contributed by atoms with Gasteiger partial charge >= 0.3 is 0 Å². The highest BCUT2D eigenvalue weighted by atomic mass is 35.5. The number of quaternary nitrogens is 2. The van der Waals surface area contributed by atoms with Gasteiger partial charge in [0.1, 0.15) is 51.5 Å². The second-order valence-electron chi connectivity index (χ2n) is 7.34. The minimum atomic E-state index is -0.401. The summed E-state index contributed by atoms with van der Waals surface area (Å²) in [6, 6.07) is 7.63. The number of halogens is 1. The molecular weight excluding hydrogens is 340 g/mol. The van der Waals surface area contributed by atoms with Crippen LogP contribution in [0, 0.1) is 0 Å². The van der Waals surface area contributed by atoms with Crippen molar-refractivity contribution in [1.82, 2.24) is 0 Å². The fraction of sp³-hybridized carbons (Fsp3) is 0.684. The Morgan fingerprint density at radius 2 is 1.88 bits per heavy atom. The molecule has 2 atom stereocenters. The highest BCUT2D eigenvalue weighted by Crippen LogP contribution is 2.10. The van der Waals surface area contributed by atoms with E-state index in [1.54, 1.807) is 4.90 Å². The predicted octanol–water partition coefficient (Wildman–Crippen LogP) is -0.820. The average molecular weight is 371 g/mol. The van der Waals surface area contributed by atoms with Crippen molar-refractivity contribution in [2.24, 2.45) is 0 Å². The third-order valence-electron chi connectivity index (χ3n) is 5.22. The van der Waals surface area contributed by atoms with Gasteiger partial charge in [0.15, 0.2) is 0 Å². The number of aliphatic hydroxyl groups excluding tert-OH is 1. The molecule has 6 heteroatoms. The smallest absolute Gasteiger partial charge is 0.127 e. The second-order valence-corrected chi connectivity index (χ2v) is 7.78. The van der Waals surface area contributed by atoms with Gasteiger partial charge in [-0.1, -0.05) is 23.7 Å². The number of hydrogen-bond acceptors (Lipinski definition) is 3. The quantitative estimate of drug-likeness (QED) is 0.560. The van der Waals surface area contributed by atoms with E-state index in [2.05, 4.69) is 0 Å². The Bertz CT molecular complexity index is 500. The number of benzene rings is 1. The summed E-state index contributed by atoms with van der Waals surface area (Å²) < 4.78 is 11.4.